The number of anilines is 1. The van der Waals surface area contributed by atoms with E-state index in [1.54, 1.807) is 6.20 Å². The minimum atomic E-state index is -0.552. The predicted octanol–water partition coefficient (Wildman–Crippen LogP) is 1.22. The molecule has 0 atom stereocenters. The molecule has 0 saturated carbocycles. The monoisotopic (exact) mass is 321 g/mol. The van der Waals surface area contributed by atoms with E-state index in [9.17, 15) is 4.79 Å². The van der Waals surface area contributed by atoms with E-state index < -0.39 is 5.91 Å². The first-order valence-corrected chi connectivity index (χ1v) is 6.32. The fourth-order valence-electron chi connectivity index (χ4n) is 2.12. The average molecular weight is 322 g/mol. The second kappa shape index (κ2) is 9.74. The molecule has 4 N–H and O–H groups in total. The minimum Gasteiger partial charge on any atom is -0.369 e. The van der Waals surface area contributed by atoms with Crippen molar-refractivity contribution in [2.45, 2.75) is 19.3 Å². The summed E-state index contributed by atoms with van der Waals surface area (Å²) in [5, 5.41) is 6.57. The molecule has 0 radical (unpaired) electrons. The zero-order valence-corrected chi connectivity index (χ0v) is 12.8. The molecule has 20 heavy (non-hydrogen) atoms. The van der Waals surface area contributed by atoms with Crippen molar-refractivity contribution in [1.82, 2.24) is 15.3 Å². The van der Waals surface area contributed by atoms with Crippen molar-refractivity contribution in [3.8, 4) is 0 Å². The lowest BCUT2D eigenvalue weighted by molar-refractivity contribution is 0.0995. The fraction of sp³-hybridized carbons (Fsp3) is 0.583. The molecule has 0 unspecified atom stereocenters. The van der Waals surface area contributed by atoms with Crippen molar-refractivity contribution in [3.05, 3.63) is 18.1 Å². The third-order valence-electron chi connectivity index (χ3n) is 3.22. The fourth-order valence-corrected chi connectivity index (χ4v) is 2.12. The Morgan fingerprint density at radius 3 is 2.55 bits per heavy atom. The normalized spacial score (nSPS) is 14.8. The number of hydrogen-bond donors (Lipinski definition) is 3. The first kappa shape index (κ1) is 18.9. The lowest BCUT2D eigenvalue weighted by Gasteiger charge is -2.22. The van der Waals surface area contributed by atoms with Gasteiger partial charge >= 0.3 is 0 Å². The Labute approximate surface area is 131 Å². The number of piperidine rings is 1. The predicted molar refractivity (Wildman–Crippen MR) is 83.7 cm³/mol. The highest BCUT2D eigenvalue weighted by Gasteiger charge is 2.12. The summed E-state index contributed by atoms with van der Waals surface area (Å²) in [6, 6.07) is 0. The van der Waals surface area contributed by atoms with Gasteiger partial charge in [0.1, 0.15) is 11.5 Å². The van der Waals surface area contributed by atoms with Crippen LogP contribution in [0.3, 0.4) is 0 Å². The van der Waals surface area contributed by atoms with Gasteiger partial charge in [-0.05, 0) is 38.3 Å². The van der Waals surface area contributed by atoms with Crippen molar-refractivity contribution in [2.24, 2.45) is 11.7 Å². The van der Waals surface area contributed by atoms with Gasteiger partial charge in [-0.15, -0.1) is 24.8 Å². The Balaban J connectivity index is 0.00000180. The molecule has 0 aromatic carbocycles. The first-order valence-electron chi connectivity index (χ1n) is 6.32. The SMILES string of the molecule is Cl.Cl.NC(=O)c1cnc(NCCC2CCNCC2)cn1. The van der Waals surface area contributed by atoms with Crippen LogP contribution in [-0.2, 0) is 0 Å². The Morgan fingerprint density at radius 1 is 1.30 bits per heavy atom. The van der Waals surface area contributed by atoms with Gasteiger partial charge in [-0.25, -0.2) is 9.97 Å². The topological polar surface area (TPSA) is 92.9 Å². The van der Waals surface area contributed by atoms with E-state index in [0.29, 0.717) is 5.82 Å². The van der Waals surface area contributed by atoms with Crippen molar-refractivity contribution in [1.29, 1.82) is 0 Å². The maximum atomic E-state index is 10.8. The van der Waals surface area contributed by atoms with Crippen LogP contribution in [0.25, 0.3) is 0 Å². The van der Waals surface area contributed by atoms with E-state index in [1.807, 2.05) is 0 Å². The summed E-state index contributed by atoms with van der Waals surface area (Å²) in [7, 11) is 0. The maximum absolute atomic E-state index is 10.8. The van der Waals surface area contributed by atoms with Gasteiger partial charge in [-0.3, -0.25) is 4.79 Å². The summed E-state index contributed by atoms with van der Waals surface area (Å²) in [6.45, 7) is 3.13. The smallest absolute Gasteiger partial charge is 0.268 e. The van der Waals surface area contributed by atoms with E-state index in [0.717, 1.165) is 32.0 Å². The van der Waals surface area contributed by atoms with Gasteiger partial charge in [-0.1, -0.05) is 0 Å². The van der Waals surface area contributed by atoms with Gasteiger partial charge in [-0.2, -0.15) is 0 Å². The Bertz CT molecular complexity index is 395. The van der Waals surface area contributed by atoms with Crippen LogP contribution in [0.2, 0.25) is 0 Å². The molecular formula is C12H21Cl2N5O. The molecule has 1 saturated heterocycles. The second-order valence-electron chi connectivity index (χ2n) is 4.56. The molecule has 0 aliphatic carbocycles. The van der Waals surface area contributed by atoms with E-state index in [1.165, 1.54) is 19.0 Å². The number of carbonyl (C=O) groups is 1. The van der Waals surface area contributed by atoms with Crippen LogP contribution in [0.4, 0.5) is 5.82 Å². The summed E-state index contributed by atoms with van der Waals surface area (Å²) >= 11 is 0. The number of halogens is 2. The third-order valence-corrected chi connectivity index (χ3v) is 3.22. The van der Waals surface area contributed by atoms with Crippen LogP contribution < -0.4 is 16.4 Å². The van der Waals surface area contributed by atoms with E-state index in [4.69, 9.17) is 5.73 Å². The quantitative estimate of drug-likeness (QED) is 0.758. The van der Waals surface area contributed by atoms with Crippen LogP contribution in [0.15, 0.2) is 12.4 Å². The largest absolute Gasteiger partial charge is 0.369 e. The minimum absolute atomic E-state index is 0. The zero-order chi connectivity index (χ0) is 12.8. The number of rotatable bonds is 5. The molecule has 8 heteroatoms. The highest BCUT2D eigenvalue weighted by molar-refractivity contribution is 5.90. The van der Waals surface area contributed by atoms with Crippen LogP contribution in [0, 0.1) is 5.92 Å². The van der Waals surface area contributed by atoms with Crippen LogP contribution in [-0.4, -0.2) is 35.5 Å². The lowest BCUT2D eigenvalue weighted by atomic mass is 9.95. The number of carbonyl (C=O) groups excluding carboxylic acids is 1. The van der Waals surface area contributed by atoms with Crippen LogP contribution in [0.5, 0.6) is 0 Å². The van der Waals surface area contributed by atoms with E-state index >= 15 is 0 Å². The molecular weight excluding hydrogens is 301 g/mol. The van der Waals surface area contributed by atoms with Crippen molar-refractivity contribution >= 4 is 36.5 Å². The number of nitrogens with zero attached hydrogens (tertiary/aromatic N) is 2. The van der Waals surface area contributed by atoms with Crippen molar-refractivity contribution in [3.63, 3.8) is 0 Å². The number of amides is 1. The van der Waals surface area contributed by atoms with Gasteiger partial charge in [0.25, 0.3) is 5.91 Å². The van der Waals surface area contributed by atoms with Gasteiger partial charge in [0, 0.05) is 6.54 Å². The van der Waals surface area contributed by atoms with Crippen LogP contribution in [0.1, 0.15) is 29.8 Å². The summed E-state index contributed by atoms with van der Waals surface area (Å²) < 4.78 is 0. The highest BCUT2D eigenvalue weighted by atomic mass is 35.5. The van der Waals surface area contributed by atoms with Crippen LogP contribution >= 0.6 is 24.8 Å². The molecule has 1 aromatic heterocycles. The molecule has 114 valence electrons. The summed E-state index contributed by atoms with van der Waals surface area (Å²) in [5.41, 5.74) is 5.29. The lowest BCUT2D eigenvalue weighted by Crippen LogP contribution is -2.28. The molecule has 1 aliphatic heterocycles. The summed E-state index contributed by atoms with van der Waals surface area (Å²) in [5.74, 6) is 0.925. The zero-order valence-electron chi connectivity index (χ0n) is 11.2. The summed E-state index contributed by atoms with van der Waals surface area (Å²) in [4.78, 5) is 18.9. The van der Waals surface area contributed by atoms with Crippen molar-refractivity contribution < 1.29 is 4.79 Å². The van der Waals surface area contributed by atoms with E-state index in [2.05, 4.69) is 20.6 Å². The van der Waals surface area contributed by atoms with Gasteiger partial charge in [0.15, 0.2) is 0 Å². The molecule has 2 rings (SSSR count). The van der Waals surface area contributed by atoms with Crippen molar-refractivity contribution in [2.75, 3.05) is 25.0 Å². The highest BCUT2D eigenvalue weighted by Crippen LogP contribution is 2.15. The third kappa shape index (κ3) is 5.90. The molecule has 1 fully saturated rings. The molecule has 0 spiro atoms. The summed E-state index contributed by atoms with van der Waals surface area (Å²) in [6.07, 6.45) is 6.57. The Hall–Kier alpha value is -1.11. The van der Waals surface area contributed by atoms with E-state index in [-0.39, 0.29) is 30.5 Å². The molecule has 0 bridgehead atoms. The number of primary amides is 1. The second-order valence-corrected chi connectivity index (χ2v) is 4.56. The Morgan fingerprint density at radius 2 is 2.00 bits per heavy atom. The Kier molecular flexibility index (Phi) is 9.20. The molecule has 1 amide bonds. The molecule has 2 heterocycles. The molecule has 6 nitrogen and oxygen atoms in total. The van der Waals surface area contributed by atoms with Gasteiger partial charge < -0.3 is 16.4 Å². The molecule has 1 aromatic rings. The maximum Gasteiger partial charge on any atom is 0.268 e. The number of nitrogens with one attached hydrogen (secondary N) is 2. The standard InChI is InChI=1S/C12H19N5O.2ClH/c13-12(18)10-7-17-11(8-16-10)15-6-3-9-1-4-14-5-2-9;;/h7-9,14H,1-6H2,(H2,13,18)(H,15,17);2*1H. The number of aromatic nitrogens is 2. The molecule has 1 aliphatic rings. The number of nitrogens with two attached hydrogens (primary N) is 1. The number of hydrogen-bond acceptors (Lipinski definition) is 5. The van der Waals surface area contributed by atoms with Gasteiger partial charge in [0.2, 0.25) is 0 Å². The average Bonchev–Trinajstić information content (AvgIpc) is 2.40. The van der Waals surface area contributed by atoms with Gasteiger partial charge in [0.05, 0.1) is 12.4 Å². The first-order chi connectivity index (χ1) is 8.75.